The maximum Gasteiger partial charge on any atom is 0.422 e. The van der Waals surface area contributed by atoms with E-state index in [2.05, 4.69) is 41.5 Å². The zero-order chi connectivity index (χ0) is 39.0. The van der Waals surface area contributed by atoms with Crippen LogP contribution in [0.25, 0.3) is 0 Å². The molecule has 8 N–H and O–H groups in total. The SMILES string of the molecule is C.NC(=O)c1cccc(NC(=O)C(=O)NCC[C@H](NC(=O)c2ccc(Nc3nc(NC4(c5ccc(Cl)cc5)CC4)nc(OCC(F)(F)F)n3)cc2)C(=O)O)c1. The number of carboxylic acid groups (broad SMARTS) is 1. The van der Waals surface area contributed by atoms with Gasteiger partial charge in [0.25, 0.3) is 5.91 Å². The van der Waals surface area contributed by atoms with Gasteiger partial charge in [0.05, 0.1) is 5.54 Å². The molecule has 1 heterocycles. The molecule has 1 atom stereocenters. The number of primary amides is 1. The number of carboxylic acids is 1. The minimum Gasteiger partial charge on any atom is -0.480 e. The molecule has 4 aromatic rings. The molecule has 0 spiro atoms. The molecule has 16 nitrogen and oxygen atoms in total. The van der Waals surface area contributed by atoms with E-state index in [1.165, 1.54) is 48.5 Å². The Balaban J connectivity index is 0.00000673. The summed E-state index contributed by atoms with van der Waals surface area (Å²) in [6, 6.07) is 16.1. The Morgan fingerprint density at radius 1 is 0.891 bits per heavy atom. The molecule has 20 heteroatoms. The van der Waals surface area contributed by atoms with Crippen molar-refractivity contribution in [2.45, 2.75) is 44.4 Å². The van der Waals surface area contributed by atoms with Crippen LogP contribution < -0.4 is 37.1 Å². The molecule has 5 rings (SSSR count). The Morgan fingerprint density at radius 2 is 1.56 bits per heavy atom. The standard InChI is InChI=1S/C34H31ClF3N9O7.CH4/c35-21-8-6-20(7-9-21)33(13-14-33)47-31-44-30(45-32(46-31)54-17-34(36,37)38)42-22-10-4-18(5-11-22)26(49)43-24(29(52)53)12-15-40-27(50)28(51)41-23-3-1-2-19(16-23)25(39)48;/h1-11,16,24H,12-15,17H2,(H2,39,48)(H,40,50)(H,41,51)(H,43,49)(H,52,53)(H2,42,44,45,46,47);1H4/t24-;/m0./s1. The lowest BCUT2D eigenvalue weighted by Crippen LogP contribution is -2.44. The summed E-state index contributed by atoms with van der Waals surface area (Å²) >= 11 is 6.01. The molecule has 290 valence electrons. The van der Waals surface area contributed by atoms with E-state index < -0.39 is 60.0 Å². The van der Waals surface area contributed by atoms with E-state index in [-0.39, 0.29) is 49.1 Å². The van der Waals surface area contributed by atoms with Gasteiger partial charge in [0.1, 0.15) is 6.04 Å². The quantitative estimate of drug-likeness (QED) is 0.0832. The number of anilines is 4. The summed E-state index contributed by atoms with van der Waals surface area (Å²) in [6.07, 6.45) is -3.56. The van der Waals surface area contributed by atoms with Gasteiger partial charge in [-0.05, 0) is 79.4 Å². The van der Waals surface area contributed by atoms with Crippen molar-refractivity contribution in [2.24, 2.45) is 5.73 Å². The number of ether oxygens (including phenoxy) is 1. The number of alkyl halides is 3. The number of rotatable bonds is 15. The smallest absolute Gasteiger partial charge is 0.422 e. The molecule has 1 aromatic heterocycles. The van der Waals surface area contributed by atoms with Crippen LogP contribution in [0, 0.1) is 0 Å². The zero-order valence-electron chi connectivity index (χ0n) is 27.9. The molecule has 0 unspecified atom stereocenters. The highest BCUT2D eigenvalue weighted by molar-refractivity contribution is 6.39. The third kappa shape index (κ3) is 11.7. The summed E-state index contributed by atoms with van der Waals surface area (Å²) in [6.45, 7) is -1.94. The highest BCUT2D eigenvalue weighted by Gasteiger charge is 2.45. The molecule has 4 amide bonds. The lowest BCUT2D eigenvalue weighted by atomic mass is 10.1. The van der Waals surface area contributed by atoms with Gasteiger partial charge >= 0.3 is 30.0 Å². The Morgan fingerprint density at radius 3 is 2.18 bits per heavy atom. The predicted octanol–water partition coefficient (Wildman–Crippen LogP) is 4.37. The van der Waals surface area contributed by atoms with Crippen molar-refractivity contribution in [3.63, 3.8) is 0 Å². The second kappa shape index (κ2) is 17.5. The summed E-state index contributed by atoms with van der Waals surface area (Å²) in [5, 5.41) is 23.0. The molecule has 1 saturated carbocycles. The minimum atomic E-state index is -4.65. The first-order valence-corrected chi connectivity index (χ1v) is 16.4. The van der Waals surface area contributed by atoms with Gasteiger partial charge in [-0.3, -0.25) is 19.2 Å². The summed E-state index contributed by atoms with van der Waals surface area (Å²) in [4.78, 5) is 72.8. The van der Waals surface area contributed by atoms with Crippen LogP contribution in [0.3, 0.4) is 0 Å². The lowest BCUT2D eigenvalue weighted by Gasteiger charge is -2.19. The molecule has 0 saturated heterocycles. The number of nitrogens with two attached hydrogens (primary N) is 1. The van der Waals surface area contributed by atoms with Gasteiger partial charge in [-0.15, -0.1) is 0 Å². The zero-order valence-corrected chi connectivity index (χ0v) is 28.6. The van der Waals surface area contributed by atoms with Crippen LogP contribution in [-0.4, -0.2) is 75.0 Å². The van der Waals surface area contributed by atoms with E-state index in [9.17, 15) is 42.3 Å². The summed E-state index contributed by atoms with van der Waals surface area (Å²) < 4.78 is 43.6. The van der Waals surface area contributed by atoms with Crippen molar-refractivity contribution in [1.29, 1.82) is 0 Å². The molecule has 55 heavy (non-hydrogen) atoms. The van der Waals surface area contributed by atoms with Crippen LogP contribution >= 0.6 is 11.6 Å². The highest BCUT2D eigenvalue weighted by atomic mass is 35.5. The van der Waals surface area contributed by atoms with Gasteiger partial charge in [0, 0.05) is 34.1 Å². The van der Waals surface area contributed by atoms with Gasteiger partial charge in [0.15, 0.2) is 6.61 Å². The van der Waals surface area contributed by atoms with Gasteiger partial charge in [0.2, 0.25) is 17.8 Å². The average molecular weight is 786 g/mol. The molecule has 1 aliphatic carbocycles. The Bertz CT molecular complexity index is 2050. The lowest BCUT2D eigenvalue weighted by molar-refractivity contribution is -0.154. The summed E-state index contributed by atoms with van der Waals surface area (Å²) in [7, 11) is 0. The molecule has 1 aliphatic rings. The molecular weight excluding hydrogens is 751 g/mol. The normalized spacial score (nSPS) is 13.2. The fourth-order valence-electron chi connectivity index (χ4n) is 4.95. The van der Waals surface area contributed by atoms with E-state index in [4.69, 9.17) is 22.1 Å². The third-order valence-electron chi connectivity index (χ3n) is 7.81. The monoisotopic (exact) mass is 785 g/mol. The topological polar surface area (TPSA) is 240 Å². The van der Waals surface area contributed by atoms with Crippen molar-refractivity contribution >= 4 is 64.5 Å². The van der Waals surface area contributed by atoms with Crippen LogP contribution in [0.5, 0.6) is 6.01 Å². The minimum absolute atomic E-state index is 0. The van der Waals surface area contributed by atoms with E-state index in [1.54, 1.807) is 12.1 Å². The second-order valence-electron chi connectivity index (χ2n) is 11.9. The number of hydrogen-bond acceptors (Lipinski definition) is 11. The van der Waals surface area contributed by atoms with E-state index >= 15 is 0 Å². The maximum absolute atomic E-state index is 12.9. The van der Waals surface area contributed by atoms with Crippen LogP contribution in [0.15, 0.2) is 72.8 Å². The summed E-state index contributed by atoms with van der Waals surface area (Å²) in [5.41, 5.74) is 6.09. The Labute approximate surface area is 316 Å². The first-order valence-electron chi connectivity index (χ1n) is 16.0. The Kier molecular flexibility index (Phi) is 13.2. The number of benzene rings is 3. The van der Waals surface area contributed by atoms with Gasteiger partial charge in [-0.25, -0.2) is 4.79 Å². The van der Waals surface area contributed by atoms with Crippen LogP contribution in [-0.2, 0) is 19.9 Å². The van der Waals surface area contributed by atoms with E-state index in [1.807, 2.05) is 12.1 Å². The number of carbonyl (C=O) groups excluding carboxylic acids is 4. The first-order chi connectivity index (χ1) is 25.6. The van der Waals surface area contributed by atoms with Crippen molar-refractivity contribution in [3.8, 4) is 6.01 Å². The number of nitrogens with one attached hydrogen (secondary N) is 5. The molecule has 0 bridgehead atoms. The molecule has 3 aromatic carbocycles. The number of aromatic nitrogens is 3. The van der Waals surface area contributed by atoms with E-state index in [0.29, 0.717) is 23.6 Å². The molecule has 0 radical (unpaired) electrons. The fraction of sp³-hybridized carbons (Fsp3) is 0.257. The number of carbonyl (C=O) groups is 5. The van der Waals surface area contributed by atoms with Crippen molar-refractivity contribution < 1.29 is 47.0 Å². The third-order valence-corrected chi connectivity index (χ3v) is 8.07. The number of halogens is 4. The van der Waals surface area contributed by atoms with Crippen molar-refractivity contribution in [1.82, 2.24) is 25.6 Å². The van der Waals surface area contributed by atoms with Crippen LogP contribution in [0.4, 0.5) is 36.4 Å². The Hall–Kier alpha value is -6.50. The first kappa shape index (κ1) is 41.3. The van der Waals surface area contributed by atoms with Crippen molar-refractivity contribution in [3.05, 3.63) is 94.5 Å². The number of amides is 4. The predicted molar refractivity (Wildman–Crippen MR) is 194 cm³/mol. The molecule has 1 fully saturated rings. The molecule has 0 aliphatic heterocycles. The fourth-order valence-corrected chi connectivity index (χ4v) is 5.08. The molecular formula is C35H35ClF3N9O7. The van der Waals surface area contributed by atoms with Crippen LogP contribution in [0.2, 0.25) is 5.02 Å². The summed E-state index contributed by atoms with van der Waals surface area (Å²) in [5.74, 6) is -5.32. The van der Waals surface area contributed by atoms with Crippen molar-refractivity contribution in [2.75, 3.05) is 29.1 Å². The maximum atomic E-state index is 12.9. The number of nitrogens with zero attached hydrogens (tertiary/aromatic N) is 3. The van der Waals surface area contributed by atoms with Gasteiger partial charge < -0.3 is 42.2 Å². The largest absolute Gasteiger partial charge is 0.480 e. The number of aliphatic carboxylic acids is 1. The average Bonchev–Trinajstić information content (AvgIpc) is 3.90. The van der Waals surface area contributed by atoms with E-state index in [0.717, 1.165) is 5.56 Å². The van der Waals surface area contributed by atoms with Gasteiger partial charge in [-0.1, -0.05) is 37.2 Å². The highest BCUT2D eigenvalue weighted by Crippen LogP contribution is 2.48. The van der Waals surface area contributed by atoms with Crippen LogP contribution in [0.1, 0.15) is 53.0 Å². The number of hydrogen-bond donors (Lipinski definition) is 7. The van der Waals surface area contributed by atoms with Gasteiger partial charge in [-0.2, -0.15) is 28.1 Å². The second-order valence-corrected chi connectivity index (χ2v) is 12.3.